The van der Waals surface area contributed by atoms with Crippen molar-refractivity contribution in [2.24, 2.45) is 5.41 Å². The average molecular weight is 390 g/mol. The lowest BCUT2D eigenvalue weighted by molar-refractivity contribution is -0.0518. The van der Waals surface area contributed by atoms with Crippen LogP contribution < -0.4 is 9.47 Å². The smallest absolute Gasteiger partial charge is 0.119 e. The molecule has 0 bridgehead atoms. The molecule has 0 spiro atoms. The van der Waals surface area contributed by atoms with Gasteiger partial charge >= 0.3 is 0 Å². The van der Waals surface area contributed by atoms with E-state index in [2.05, 4.69) is 0 Å². The highest BCUT2D eigenvalue weighted by atomic mass is 16.5. The van der Waals surface area contributed by atoms with Crippen molar-refractivity contribution in [1.29, 1.82) is 0 Å². The minimum Gasteiger partial charge on any atom is -0.497 e. The number of aliphatic hydroxyl groups excluding tert-OH is 2. The molecule has 4 heteroatoms. The molecule has 4 nitrogen and oxygen atoms in total. The normalized spacial score (nSPS) is 24.0. The van der Waals surface area contributed by atoms with Crippen LogP contribution in [0.1, 0.15) is 47.3 Å². The topological polar surface area (TPSA) is 58.9 Å². The summed E-state index contributed by atoms with van der Waals surface area (Å²) in [7, 11) is 3.27. The van der Waals surface area contributed by atoms with Crippen molar-refractivity contribution in [3.05, 3.63) is 95.1 Å². The van der Waals surface area contributed by atoms with Crippen LogP contribution >= 0.6 is 0 Å². The maximum absolute atomic E-state index is 11.4. The number of aliphatic hydroxyl groups is 2. The molecule has 3 unspecified atom stereocenters. The number of benzene rings is 3. The summed E-state index contributed by atoms with van der Waals surface area (Å²) in [4.78, 5) is 0. The van der Waals surface area contributed by atoms with Crippen LogP contribution in [0.25, 0.3) is 0 Å². The van der Waals surface area contributed by atoms with Crippen LogP contribution in [0.5, 0.6) is 11.5 Å². The molecular weight excluding hydrogens is 364 g/mol. The van der Waals surface area contributed by atoms with Gasteiger partial charge in [-0.3, -0.25) is 0 Å². The summed E-state index contributed by atoms with van der Waals surface area (Å²) in [6, 6.07) is 23.2. The molecule has 1 aliphatic carbocycles. The molecule has 0 saturated carbocycles. The van der Waals surface area contributed by atoms with Gasteiger partial charge in [0, 0.05) is 11.3 Å². The Morgan fingerprint density at radius 2 is 1.31 bits per heavy atom. The van der Waals surface area contributed by atoms with Crippen molar-refractivity contribution in [1.82, 2.24) is 0 Å². The summed E-state index contributed by atoms with van der Waals surface area (Å²) in [5, 5.41) is 22.8. The van der Waals surface area contributed by atoms with E-state index in [1.165, 1.54) is 0 Å². The number of hydrogen-bond acceptors (Lipinski definition) is 4. The SMILES string of the molecule is COc1ccc(C(c2cccc(OC)c2)C2(C)C(O)c3ccccc3C2O)cc1. The van der Waals surface area contributed by atoms with E-state index in [0.29, 0.717) is 0 Å². The lowest BCUT2D eigenvalue weighted by Crippen LogP contribution is -2.34. The first-order chi connectivity index (χ1) is 14.0. The molecule has 0 amide bonds. The molecule has 3 aromatic carbocycles. The van der Waals surface area contributed by atoms with Crippen molar-refractivity contribution in [2.75, 3.05) is 14.2 Å². The van der Waals surface area contributed by atoms with E-state index >= 15 is 0 Å². The summed E-state index contributed by atoms with van der Waals surface area (Å²) < 4.78 is 10.8. The Kier molecular flexibility index (Phi) is 5.07. The van der Waals surface area contributed by atoms with Gasteiger partial charge in [-0.1, -0.05) is 55.5 Å². The van der Waals surface area contributed by atoms with Gasteiger partial charge in [0.05, 0.1) is 26.4 Å². The van der Waals surface area contributed by atoms with Gasteiger partial charge in [0.1, 0.15) is 11.5 Å². The molecular formula is C25H26O4. The maximum atomic E-state index is 11.4. The Hall–Kier alpha value is -2.82. The first-order valence-electron chi connectivity index (χ1n) is 9.73. The minimum atomic E-state index is -0.857. The third-order valence-corrected chi connectivity index (χ3v) is 6.26. The zero-order chi connectivity index (χ0) is 20.6. The van der Waals surface area contributed by atoms with Crippen LogP contribution in [0.2, 0.25) is 0 Å². The summed E-state index contributed by atoms with van der Waals surface area (Å²) in [6.45, 7) is 1.96. The standard InChI is InChI=1S/C25H26O4/c1-25(23(26)20-9-4-5-10-21(20)24(25)27)22(16-11-13-18(28-2)14-12-16)17-7-6-8-19(15-17)29-3/h4-15,22-24,26-27H,1-3H3. The first kappa shape index (κ1) is 19.5. The van der Waals surface area contributed by atoms with Crippen molar-refractivity contribution in [3.8, 4) is 11.5 Å². The van der Waals surface area contributed by atoms with Gasteiger partial charge in [-0.25, -0.2) is 0 Å². The van der Waals surface area contributed by atoms with Gasteiger partial charge in [-0.2, -0.15) is 0 Å². The second-order valence-corrected chi connectivity index (χ2v) is 7.78. The Bertz CT molecular complexity index is 967. The summed E-state index contributed by atoms with van der Waals surface area (Å²) in [6.07, 6.45) is -1.63. The van der Waals surface area contributed by atoms with Gasteiger partial charge in [0.25, 0.3) is 0 Å². The molecule has 0 aliphatic heterocycles. The van der Waals surface area contributed by atoms with Gasteiger partial charge < -0.3 is 19.7 Å². The van der Waals surface area contributed by atoms with Crippen LogP contribution in [0.3, 0.4) is 0 Å². The number of hydrogen-bond donors (Lipinski definition) is 2. The molecule has 4 rings (SSSR count). The summed E-state index contributed by atoms with van der Waals surface area (Å²) in [5.41, 5.74) is 2.67. The van der Waals surface area contributed by atoms with Crippen molar-refractivity contribution >= 4 is 0 Å². The largest absolute Gasteiger partial charge is 0.497 e. The third kappa shape index (κ3) is 3.09. The van der Waals surface area contributed by atoms with Crippen LogP contribution in [-0.2, 0) is 0 Å². The van der Waals surface area contributed by atoms with Crippen molar-refractivity contribution < 1.29 is 19.7 Å². The fraction of sp³-hybridized carbons (Fsp3) is 0.280. The first-order valence-corrected chi connectivity index (χ1v) is 9.73. The van der Waals surface area contributed by atoms with Gasteiger partial charge in [-0.15, -0.1) is 0 Å². The van der Waals surface area contributed by atoms with Gasteiger partial charge in [0.2, 0.25) is 0 Å². The van der Waals surface area contributed by atoms with E-state index in [0.717, 1.165) is 33.8 Å². The Labute approximate surface area is 171 Å². The highest BCUT2D eigenvalue weighted by Crippen LogP contribution is 2.61. The fourth-order valence-electron chi connectivity index (χ4n) is 4.67. The van der Waals surface area contributed by atoms with Crippen LogP contribution in [0.4, 0.5) is 0 Å². The third-order valence-electron chi connectivity index (χ3n) is 6.26. The molecule has 0 saturated heterocycles. The average Bonchev–Trinajstić information content (AvgIpc) is 2.96. The van der Waals surface area contributed by atoms with E-state index in [-0.39, 0.29) is 5.92 Å². The van der Waals surface area contributed by atoms with E-state index in [9.17, 15) is 10.2 Å². The molecule has 3 atom stereocenters. The molecule has 1 aliphatic rings. The van der Waals surface area contributed by atoms with Crippen LogP contribution in [0.15, 0.2) is 72.8 Å². The Balaban J connectivity index is 1.90. The lowest BCUT2D eigenvalue weighted by atomic mass is 9.65. The molecule has 0 aromatic heterocycles. The molecule has 0 heterocycles. The van der Waals surface area contributed by atoms with E-state index in [1.54, 1.807) is 14.2 Å². The monoisotopic (exact) mass is 390 g/mol. The van der Waals surface area contributed by atoms with E-state index in [1.807, 2.05) is 79.7 Å². The predicted octanol–water partition coefficient (Wildman–Crippen LogP) is 4.62. The Morgan fingerprint density at radius 3 is 1.86 bits per heavy atom. The quantitative estimate of drug-likeness (QED) is 0.667. The van der Waals surface area contributed by atoms with Crippen LogP contribution in [0, 0.1) is 5.41 Å². The predicted molar refractivity (Wildman–Crippen MR) is 112 cm³/mol. The molecule has 29 heavy (non-hydrogen) atoms. The highest BCUT2D eigenvalue weighted by Gasteiger charge is 2.54. The zero-order valence-corrected chi connectivity index (χ0v) is 16.9. The number of fused-ring (bicyclic) bond motifs is 1. The maximum Gasteiger partial charge on any atom is 0.119 e. The number of ether oxygens (including phenoxy) is 2. The summed E-state index contributed by atoms with van der Waals surface area (Å²) >= 11 is 0. The summed E-state index contributed by atoms with van der Waals surface area (Å²) in [5.74, 6) is 1.24. The minimum absolute atomic E-state index is 0.263. The molecule has 3 aromatic rings. The number of methoxy groups -OCH3 is 2. The molecule has 0 fully saturated rings. The highest BCUT2D eigenvalue weighted by molar-refractivity contribution is 5.47. The second-order valence-electron chi connectivity index (χ2n) is 7.78. The lowest BCUT2D eigenvalue weighted by Gasteiger charge is -2.40. The molecule has 150 valence electrons. The van der Waals surface area contributed by atoms with E-state index < -0.39 is 17.6 Å². The van der Waals surface area contributed by atoms with Gasteiger partial charge in [0.15, 0.2) is 0 Å². The molecule has 2 N–H and O–H groups in total. The van der Waals surface area contributed by atoms with Gasteiger partial charge in [-0.05, 0) is 46.5 Å². The van der Waals surface area contributed by atoms with Crippen molar-refractivity contribution in [2.45, 2.75) is 25.0 Å². The van der Waals surface area contributed by atoms with E-state index in [4.69, 9.17) is 9.47 Å². The fourth-order valence-corrected chi connectivity index (χ4v) is 4.67. The second kappa shape index (κ2) is 7.54. The van der Waals surface area contributed by atoms with Crippen molar-refractivity contribution in [3.63, 3.8) is 0 Å². The molecule has 0 radical (unpaired) electrons. The number of rotatable bonds is 5. The van der Waals surface area contributed by atoms with Crippen LogP contribution in [-0.4, -0.2) is 24.4 Å². The zero-order valence-electron chi connectivity index (χ0n) is 16.9. The Morgan fingerprint density at radius 1 is 0.724 bits per heavy atom.